The summed E-state index contributed by atoms with van der Waals surface area (Å²) in [6.07, 6.45) is 0.778. The maximum absolute atomic E-state index is 12.4. The molecule has 1 aromatic rings. The van der Waals surface area contributed by atoms with Crippen molar-refractivity contribution in [1.82, 2.24) is 14.9 Å². The first-order valence-corrected chi connectivity index (χ1v) is 9.19. The molecule has 1 aromatic carbocycles. The average molecular weight is 416 g/mol. The summed E-state index contributed by atoms with van der Waals surface area (Å²) in [6, 6.07) is 4.62. The van der Waals surface area contributed by atoms with Crippen molar-refractivity contribution in [3.8, 4) is 11.5 Å². The number of benzene rings is 1. The van der Waals surface area contributed by atoms with E-state index in [4.69, 9.17) is 9.47 Å². The van der Waals surface area contributed by atoms with E-state index in [1.165, 1.54) is 26.4 Å². The van der Waals surface area contributed by atoms with Crippen LogP contribution in [0.3, 0.4) is 0 Å². The Balaban J connectivity index is 0.00000288. The third-order valence-electron chi connectivity index (χ3n) is 3.79. The molecule has 1 fully saturated rings. The molecule has 1 aliphatic heterocycles. The SMILES string of the molecule is COc1cc(OC)cc(S(=O)(=O)NCCCN2CCNCC2)c1.Cl.Cl. The lowest BCUT2D eigenvalue weighted by Gasteiger charge is -2.27. The highest BCUT2D eigenvalue weighted by Gasteiger charge is 2.17. The van der Waals surface area contributed by atoms with E-state index < -0.39 is 10.0 Å². The van der Waals surface area contributed by atoms with Gasteiger partial charge in [-0.2, -0.15) is 0 Å². The Kier molecular flexibility index (Phi) is 11.4. The molecular formula is C15H27Cl2N3O4S. The monoisotopic (exact) mass is 415 g/mol. The molecule has 1 saturated heterocycles. The lowest BCUT2D eigenvalue weighted by atomic mass is 10.3. The van der Waals surface area contributed by atoms with Gasteiger partial charge in [0.25, 0.3) is 0 Å². The van der Waals surface area contributed by atoms with Crippen LogP contribution in [0, 0.1) is 0 Å². The van der Waals surface area contributed by atoms with E-state index in [0.717, 1.165) is 39.1 Å². The molecule has 0 unspecified atom stereocenters. The van der Waals surface area contributed by atoms with Crippen molar-refractivity contribution in [2.24, 2.45) is 0 Å². The highest BCUT2D eigenvalue weighted by molar-refractivity contribution is 7.89. The van der Waals surface area contributed by atoms with Crippen molar-refractivity contribution < 1.29 is 17.9 Å². The molecule has 0 aliphatic carbocycles. The van der Waals surface area contributed by atoms with Gasteiger partial charge >= 0.3 is 0 Å². The lowest BCUT2D eigenvalue weighted by Crippen LogP contribution is -2.44. The predicted molar refractivity (Wildman–Crippen MR) is 103 cm³/mol. The number of ether oxygens (including phenoxy) is 2. The minimum Gasteiger partial charge on any atom is -0.497 e. The van der Waals surface area contributed by atoms with Gasteiger partial charge < -0.3 is 19.7 Å². The van der Waals surface area contributed by atoms with Crippen LogP contribution in [-0.2, 0) is 10.0 Å². The number of methoxy groups -OCH3 is 2. The molecule has 2 N–H and O–H groups in total. The van der Waals surface area contributed by atoms with Gasteiger partial charge in [-0.1, -0.05) is 0 Å². The van der Waals surface area contributed by atoms with Gasteiger partial charge in [0.2, 0.25) is 10.0 Å². The van der Waals surface area contributed by atoms with Gasteiger partial charge in [-0.05, 0) is 13.0 Å². The molecule has 0 saturated carbocycles. The molecule has 7 nitrogen and oxygen atoms in total. The molecule has 146 valence electrons. The Morgan fingerprint density at radius 1 is 1.08 bits per heavy atom. The van der Waals surface area contributed by atoms with E-state index in [1.807, 2.05) is 0 Å². The second-order valence-electron chi connectivity index (χ2n) is 5.39. The number of rotatable bonds is 8. The summed E-state index contributed by atoms with van der Waals surface area (Å²) >= 11 is 0. The molecule has 0 atom stereocenters. The van der Waals surface area contributed by atoms with Crippen molar-refractivity contribution >= 4 is 34.8 Å². The van der Waals surface area contributed by atoms with Gasteiger partial charge in [-0.3, -0.25) is 0 Å². The number of halogens is 2. The normalized spacial score (nSPS) is 15.0. The lowest BCUT2D eigenvalue weighted by molar-refractivity contribution is 0.239. The van der Waals surface area contributed by atoms with Crippen molar-refractivity contribution in [3.63, 3.8) is 0 Å². The Bertz CT molecular complexity index is 589. The van der Waals surface area contributed by atoms with Crippen molar-refractivity contribution in [1.29, 1.82) is 0 Å². The molecule has 25 heavy (non-hydrogen) atoms. The molecule has 0 bridgehead atoms. The quantitative estimate of drug-likeness (QED) is 0.619. The first kappa shape index (κ1) is 24.2. The molecule has 1 aliphatic rings. The van der Waals surface area contributed by atoms with E-state index in [9.17, 15) is 8.42 Å². The zero-order valence-corrected chi connectivity index (χ0v) is 16.9. The number of hydrogen-bond acceptors (Lipinski definition) is 6. The molecule has 0 aromatic heterocycles. The zero-order chi connectivity index (χ0) is 16.7. The fourth-order valence-corrected chi connectivity index (χ4v) is 3.59. The largest absolute Gasteiger partial charge is 0.497 e. The minimum atomic E-state index is -3.57. The molecule has 10 heteroatoms. The standard InChI is InChI=1S/C15H25N3O4S.2ClH/c1-21-13-10-14(22-2)12-15(11-13)23(19,20)17-4-3-7-18-8-5-16-6-9-18;;/h10-12,16-17H,3-9H2,1-2H3;2*1H. The average Bonchev–Trinajstić information content (AvgIpc) is 2.59. The van der Waals surface area contributed by atoms with E-state index in [0.29, 0.717) is 18.0 Å². The molecule has 0 radical (unpaired) electrons. The highest BCUT2D eigenvalue weighted by atomic mass is 35.5. The summed E-state index contributed by atoms with van der Waals surface area (Å²) < 4.78 is 37.6. The van der Waals surface area contributed by atoms with Crippen LogP contribution in [0.15, 0.2) is 23.1 Å². The molecule has 0 spiro atoms. The summed E-state index contributed by atoms with van der Waals surface area (Å²) in [6.45, 7) is 5.32. The molecular weight excluding hydrogens is 389 g/mol. The number of nitrogens with zero attached hydrogens (tertiary/aromatic N) is 1. The van der Waals surface area contributed by atoms with Crippen LogP contribution < -0.4 is 19.5 Å². The fraction of sp³-hybridized carbons (Fsp3) is 0.600. The Labute approximate surface area is 162 Å². The number of piperazine rings is 1. The first-order chi connectivity index (χ1) is 11.0. The Morgan fingerprint density at radius 2 is 1.64 bits per heavy atom. The Hall–Kier alpha value is -0.770. The fourth-order valence-electron chi connectivity index (χ4n) is 2.46. The molecule has 2 rings (SSSR count). The second-order valence-corrected chi connectivity index (χ2v) is 7.16. The second kappa shape index (κ2) is 11.8. The van der Waals surface area contributed by atoms with Gasteiger partial charge in [-0.25, -0.2) is 13.1 Å². The third-order valence-corrected chi connectivity index (χ3v) is 5.23. The zero-order valence-electron chi connectivity index (χ0n) is 14.5. The maximum Gasteiger partial charge on any atom is 0.240 e. The summed E-state index contributed by atoms with van der Waals surface area (Å²) in [5, 5.41) is 3.30. The van der Waals surface area contributed by atoms with Crippen LogP contribution in [0.1, 0.15) is 6.42 Å². The summed E-state index contributed by atoms with van der Waals surface area (Å²) in [5.41, 5.74) is 0. The van der Waals surface area contributed by atoms with Crippen LogP contribution in [-0.4, -0.2) is 66.8 Å². The van der Waals surface area contributed by atoms with E-state index >= 15 is 0 Å². The summed E-state index contributed by atoms with van der Waals surface area (Å²) in [7, 11) is -0.585. The van der Waals surface area contributed by atoms with Gasteiger partial charge in [-0.15, -0.1) is 24.8 Å². The number of hydrogen-bond donors (Lipinski definition) is 2. The number of sulfonamides is 1. The summed E-state index contributed by atoms with van der Waals surface area (Å²) in [4.78, 5) is 2.48. The van der Waals surface area contributed by atoms with Crippen molar-refractivity contribution in [2.75, 3.05) is 53.5 Å². The van der Waals surface area contributed by atoms with Gasteiger partial charge in [0.05, 0.1) is 19.1 Å². The van der Waals surface area contributed by atoms with Crippen LogP contribution in [0.5, 0.6) is 11.5 Å². The van der Waals surface area contributed by atoms with E-state index in [2.05, 4.69) is 14.9 Å². The smallest absolute Gasteiger partial charge is 0.240 e. The topological polar surface area (TPSA) is 79.9 Å². The van der Waals surface area contributed by atoms with Crippen LogP contribution in [0.25, 0.3) is 0 Å². The first-order valence-electron chi connectivity index (χ1n) is 7.71. The van der Waals surface area contributed by atoms with Crippen molar-refractivity contribution in [3.05, 3.63) is 18.2 Å². The van der Waals surface area contributed by atoms with Crippen LogP contribution in [0.4, 0.5) is 0 Å². The molecule has 1 heterocycles. The predicted octanol–water partition coefficient (Wildman–Crippen LogP) is 1.12. The Morgan fingerprint density at radius 3 is 2.16 bits per heavy atom. The van der Waals surface area contributed by atoms with Gasteiger partial charge in [0, 0.05) is 50.9 Å². The third kappa shape index (κ3) is 7.55. The van der Waals surface area contributed by atoms with E-state index in [1.54, 1.807) is 6.07 Å². The summed E-state index contributed by atoms with van der Waals surface area (Å²) in [5.74, 6) is 0.899. The van der Waals surface area contributed by atoms with Crippen LogP contribution >= 0.6 is 24.8 Å². The van der Waals surface area contributed by atoms with Gasteiger partial charge in [0.15, 0.2) is 0 Å². The van der Waals surface area contributed by atoms with Crippen molar-refractivity contribution in [2.45, 2.75) is 11.3 Å². The van der Waals surface area contributed by atoms with Gasteiger partial charge in [0.1, 0.15) is 11.5 Å². The molecule has 0 amide bonds. The maximum atomic E-state index is 12.4. The number of nitrogens with one attached hydrogen (secondary N) is 2. The minimum absolute atomic E-state index is 0. The van der Waals surface area contributed by atoms with E-state index in [-0.39, 0.29) is 29.7 Å². The van der Waals surface area contributed by atoms with Crippen LogP contribution in [0.2, 0.25) is 0 Å². The highest BCUT2D eigenvalue weighted by Crippen LogP contribution is 2.25.